The zero-order valence-corrected chi connectivity index (χ0v) is 8.87. The van der Waals surface area contributed by atoms with Crippen LogP contribution in [0, 0.1) is 0 Å². The lowest BCUT2D eigenvalue weighted by molar-refractivity contribution is -0.141. The van der Waals surface area contributed by atoms with Gasteiger partial charge in [0.05, 0.1) is 6.20 Å². The van der Waals surface area contributed by atoms with E-state index in [1.165, 1.54) is 6.20 Å². The van der Waals surface area contributed by atoms with E-state index in [2.05, 4.69) is 15.3 Å². The summed E-state index contributed by atoms with van der Waals surface area (Å²) in [6, 6.07) is 1.92. The summed E-state index contributed by atoms with van der Waals surface area (Å²) in [5, 5.41) is 10.4. The van der Waals surface area contributed by atoms with Crippen LogP contribution in [-0.4, -0.2) is 20.0 Å². The SMILES string of the molecule is Nc1nn(-c2ccc(C(F)(F)F)nn2)cc1Cl. The van der Waals surface area contributed by atoms with Crippen molar-refractivity contribution in [3.63, 3.8) is 0 Å². The predicted molar refractivity (Wildman–Crippen MR) is 53.6 cm³/mol. The van der Waals surface area contributed by atoms with Gasteiger partial charge >= 0.3 is 6.18 Å². The molecule has 0 aliphatic heterocycles. The van der Waals surface area contributed by atoms with Crippen molar-refractivity contribution in [1.29, 1.82) is 0 Å². The van der Waals surface area contributed by atoms with E-state index in [-0.39, 0.29) is 16.7 Å². The molecule has 90 valence electrons. The fourth-order valence-electron chi connectivity index (χ4n) is 1.08. The van der Waals surface area contributed by atoms with Crippen LogP contribution in [0.5, 0.6) is 0 Å². The molecule has 0 bridgehead atoms. The standard InChI is InChI=1S/C8H5ClF3N5/c9-4-3-17(16-7(4)13)6-2-1-5(14-15-6)8(10,11)12/h1-3H,(H2,13,16). The Morgan fingerprint density at radius 1 is 1.24 bits per heavy atom. The molecule has 0 amide bonds. The molecule has 0 spiro atoms. The lowest BCUT2D eigenvalue weighted by Gasteiger charge is -2.04. The molecule has 0 fully saturated rings. The van der Waals surface area contributed by atoms with Crippen LogP contribution in [0.4, 0.5) is 19.0 Å². The number of alkyl halides is 3. The summed E-state index contributed by atoms with van der Waals surface area (Å²) >= 11 is 5.65. The van der Waals surface area contributed by atoms with Crippen LogP contribution >= 0.6 is 11.6 Å². The first-order valence-corrected chi connectivity index (χ1v) is 4.67. The van der Waals surface area contributed by atoms with E-state index in [1.54, 1.807) is 0 Å². The molecule has 0 atom stereocenters. The fraction of sp³-hybridized carbons (Fsp3) is 0.125. The van der Waals surface area contributed by atoms with E-state index in [9.17, 15) is 13.2 Å². The third-order valence-corrected chi connectivity index (χ3v) is 2.16. The maximum Gasteiger partial charge on any atom is 0.435 e. The maximum absolute atomic E-state index is 12.2. The van der Waals surface area contributed by atoms with E-state index in [4.69, 9.17) is 17.3 Å². The molecule has 0 radical (unpaired) electrons. The number of nitrogen functional groups attached to an aromatic ring is 1. The zero-order chi connectivity index (χ0) is 12.6. The van der Waals surface area contributed by atoms with Gasteiger partial charge in [-0.2, -0.15) is 13.2 Å². The number of anilines is 1. The number of halogens is 4. The van der Waals surface area contributed by atoms with Crippen LogP contribution in [0.3, 0.4) is 0 Å². The zero-order valence-electron chi connectivity index (χ0n) is 8.11. The smallest absolute Gasteiger partial charge is 0.381 e. The Balaban J connectivity index is 2.36. The van der Waals surface area contributed by atoms with Crippen molar-refractivity contribution < 1.29 is 13.2 Å². The normalized spacial score (nSPS) is 11.8. The van der Waals surface area contributed by atoms with Crippen LogP contribution in [0.1, 0.15) is 5.69 Å². The van der Waals surface area contributed by atoms with Crippen molar-refractivity contribution in [3.8, 4) is 5.82 Å². The molecule has 2 aromatic rings. The molecule has 0 aromatic carbocycles. The quantitative estimate of drug-likeness (QED) is 0.853. The van der Waals surface area contributed by atoms with Gasteiger partial charge in [-0.25, -0.2) is 4.68 Å². The molecule has 0 aliphatic rings. The molecule has 0 unspecified atom stereocenters. The molecule has 5 nitrogen and oxygen atoms in total. The molecule has 2 aromatic heterocycles. The summed E-state index contributed by atoms with van der Waals surface area (Å²) in [7, 11) is 0. The van der Waals surface area contributed by atoms with Gasteiger partial charge in [0.2, 0.25) is 0 Å². The summed E-state index contributed by atoms with van der Waals surface area (Å²) in [5.74, 6) is 0.157. The van der Waals surface area contributed by atoms with Crippen molar-refractivity contribution in [1.82, 2.24) is 20.0 Å². The van der Waals surface area contributed by atoms with Gasteiger partial charge in [-0.3, -0.25) is 0 Å². The van der Waals surface area contributed by atoms with Crippen molar-refractivity contribution >= 4 is 17.4 Å². The van der Waals surface area contributed by atoms with Gasteiger partial charge < -0.3 is 5.73 Å². The molecule has 17 heavy (non-hydrogen) atoms. The number of rotatable bonds is 1. The van der Waals surface area contributed by atoms with Crippen molar-refractivity contribution in [2.45, 2.75) is 6.18 Å². The number of hydrogen-bond donors (Lipinski definition) is 1. The van der Waals surface area contributed by atoms with Crippen LogP contribution in [0.25, 0.3) is 5.82 Å². The number of nitrogens with zero attached hydrogens (tertiary/aromatic N) is 4. The number of hydrogen-bond acceptors (Lipinski definition) is 4. The predicted octanol–water partition coefficient (Wildman–Crippen LogP) is 1.92. The van der Waals surface area contributed by atoms with E-state index < -0.39 is 11.9 Å². The van der Waals surface area contributed by atoms with Gasteiger partial charge in [0, 0.05) is 0 Å². The summed E-state index contributed by atoms with van der Waals surface area (Å²) in [6.07, 6.45) is -3.19. The Morgan fingerprint density at radius 2 is 1.94 bits per heavy atom. The first-order chi connectivity index (χ1) is 7.88. The average Bonchev–Trinajstić information content (AvgIpc) is 2.58. The van der Waals surface area contributed by atoms with Crippen LogP contribution in [0.15, 0.2) is 18.3 Å². The summed E-state index contributed by atoms with van der Waals surface area (Å²) in [4.78, 5) is 0. The molecule has 2 rings (SSSR count). The van der Waals surface area contributed by atoms with Gasteiger partial charge in [0.25, 0.3) is 0 Å². The Bertz CT molecular complexity index is 514. The van der Waals surface area contributed by atoms with E-state index >= 15 is 0 Å². The molecular formula is C8H5ClF3N5. The highest BCUT2D eigenvalue weighted by Crippen LogP contribution is 2.27. The van der Waals surface area contributed by atoms with E-state index in [0.717, 1.165) is 16.8 Å². The lowest BCUT2D eigenvalue weighted by atomic mass is 10.4. The Morgan fingerprint density at radius 3 is 2.35 bits per heavy atom. The second-order valence-corrected chi connectivity index (χ2v) is 3.49. The number of nitrogens with two attached hydrogens (primary N) is 1. The molecule has 9 heteroatoms. The Kier molecular flexibility index (Phi) is 2.66. The van der Waals surface area contributed by atoms with Crippen LogP contribution in [-0.2, 0) is 6.18 Å². The third-order valence-electron chi connectivity index (χ3n) is 1.87. The number of aromatic nitrogens is 4. The van der Waals surface area contributed by atoms with Crippen molar-refractivity contribution in [3.05, 3.63) is 29.0 Å². The van der Waals surface area contributed by atoms with E-state index in [0.29, 0.717) is 0 Å². The maximum atomic E-state index is 12.2. The van der Waals surface area contributed by atoms with Gasteiger partial charge in [-0.15, -0.1) is 15.3 Å². The minimum Gasteiger partial charge on any atom is -0.381 e. The molecule has 0 saturated carbocycles. The largest absolute Gasteiger partial charge is 0.435 e. The minimum atomic E-state index is -4.52. The summed E-state index contributed by atoms with van der Waals surface area (Å²) in [5.41, 5.74) is 4.31. The fourth-order valence-corrected chi connectivity index (χ4v) is 1.21. The second kappa shape index (κ2) is 3.88. The third kappa shape index (κ3) is 2.31. The van der Waals surface area contributed by atoms with E-state index in [1.807, 2.05) is 0 Å². The second-order valence-electron chi connectivity index (χ2n) is 3.08. The highest BCUT2D eigenvalue weighted by molar-refractivity contribution is 6.32. The van der Waals surface area contributed by atoms with Crippen LogP contribution in [0.2, 0.25) is 5.02 Å². The molecule has 0 aliphatic carbocycles. The highest BCUT2D eigenvalue weighted by Gasteiger charge is 2.32. The van der Waals surface area contributed by atoms with Crippen molar-refractivity contribution in [2.75, 3.05) is 5.73 Å². The Labute approximate surface area is 98.0 Å². The van der Waals surface area contributed by atoms with Gasteiger partial charge in [-0.1, -0.05) is 11.6 Å². The molecule has 2 heterocycles. The lowest BCUT2D eigenvalue weighted by Crippen LogP contribution is -2.10. The summed E-state index contributed by atoms with van der Waals surface area (Å²) < 4.78 is 37.8. The molecular weight excluding hydrogens is 259 g/mol. The first kappa shape index (κ1) is 11.6. The molecule has 2 N–H and O–H groups in total. The van der Waals surface area contributed by atoms with Crippen LogP contribution < -0.4 is 5.73 Å². The Hall–Kier alpha value is -1.83. The van der Waals surface area contributed by atoms with Gasteiger partial charge in [0.1, 0.15) is 5.02 Å². The highest BCUT2D eigenvalue weighted by atomic mass is 35.5. The van der Waals surface area contributed by atoms with Crippen molar-refractivity contribution in [2.24, 2.45) is 0 Å². The summed E-state index contributed by atoms with van der Waals surface area (Å²) in [6.45, 7) is 0. The van der Waals surface area contributed by atoms with Gasteiger partial charge in [-0.05, 0) is 12.1 Å². The van der Waals surface area contributed by atoms with Gasteiger partial charge in [0.15, 0.2) is 17.3 Å². The topological polar surface area (TPSA) is 69.6 Å². The first-order valence-electron chi connectivity index (χ1n) is 4.30. The minimum absolute atomic E-state index is 0.0633. The molecule has 0 saturated heterocycles. The monoisotopic (exact) mass is 263 g/mol. The average molecular weight is 264 g/mol.